The number of phosphoric acid groups is 1. The molecule has 0 bridgehead atoms. The lowest BCUT2D eigenvalue weighted by Crippen LogP contribution is -2.43. The van der Waals surface area contributed by atoms with Crippen molar-refractivity contribution in [3.05, 3.63) is 33.1 Å². The van der Waals surface area contributed by atoms with Gasteiger partial charge in [0.15, 0.2) is 6.23 Å². The normalized spacial score (nSPS) is 34.3. The Morgan fingerprint density at radius 2 is 2.15 bits per heavy atom. The van der Waals surface area contributed by atoms with Crippen LogP contribution in [-0.4, -0.2) is 47.0 Å². The molecule has 1 aliphatic carbocycles. The van der Waals surface area contributed by atoms with Gasteiger partial charge in [-0.2, -0.15) is 0 Å². The number of ether oxygens (including phenoxy) is 2. The summed E-state index contributed by atoms with van der Waals surface area (Å²) in [7, 11) is -4.00. The smallest absolute Gasteiger partial charge is 0.462 e. The number of rotatable bonds is 7. The minimum absolute atomic E-state index is 0.0251. The zero-order valence-corrected chi connectivity index (χ0v) is 20.0. The Labute approximate surface area is 196 Å². The third-order valence-corrected chi connectivity index (χ3v) is 8.04. The summed E-state index contributed by atoms with van der Waals surface area (Å²) >= 11 is 0. The Hall–Kier alpha value is -2.22. The minimum Gasteiger partial charge on any atom is -0.462 e. The Balaban J connectivity index is 1.38. The minimum atomic E-state index is -4.00. The predicted octanol–water partition coefficient (Wildman–Crippen LogP) is 2.13. The van der Waals surface area contributed by atoms with Gasteiger partial charge in [0.2, 0.25) is 0 Å². The van der Waals surface area contributed by atoms with Gasteiger partial charge in [0.25, 0.3) is 5.56 Å². The van der Waals surface area contributed by atoms with Gasteiger partial charge in [0, 0.05) is 12.3 Å². The van der Waals surface area contributed by atoms with Crippen molar-refractivity contribution in [3.63, 3.8) is 0 Å². The number of hydrogen-bond acceptors (Lipinski definition) is 9. The van der Waals surface area contributed by atoms with Crippen molar-refractivity contribution in [3.8, 4) is 12.3 Å². The molecular weight excluding hydrogens is 467 g/mol. The number of esters is 1. The van der Waals surface area contributed by atoms with Crippen molar-refractivity contribution in [2.75, 3.05) is 13.2 Å². The molecule has 3 fully saturated rings. The van der Waals surface area contributed by atoms with Crippen molar-refractivity contribution in [2.45, 2.75) is 70.5 Å². The SMILES string of the molecule is C#C[C@]1(C)[C@@H]2OP(=O)(OCCC(C)C(=O)OC3CCCC3)OC[C@H]2O[C@H]1n1ccc(=O)[nH]c1=O. The Kier molecular flexibility index (Phi) is 7.17. The molecule has 11 nitrogen and oxygen atoms in total. The largest absolute Gasteiger partial charge is 0.475 e. The highest BCUT2D eigenvalue weighted by atomic mass is 31.2. The molecule has 1 N–H and O–H groups in total. The van der Waals surface area contributed by atoms with Gasteiger partial charge in [-0.05, 0) is 39.0 Å². The van der Waals surface area contributed by atoms with Crippen molar-refractivity contribution >= 4 is 13.8 Å². The maximum absolute atomic E-state index is 13.1. The van der Waals surface area contributed by atoms with Crippen LogP contribution >= 0.6 is 7.82 Å². The summed E-state index contributed by atoms with van der Waals surface area (Å²) in [6.07, 6.45) is 8.62. The van der Waals surface area contributed by atoms with Gasteiger partial charge >= 0.3 is 19.5 Å². The summed E-state index contributed by atoms with van der Waals surface area (Å²) in [5.41, 5.74) is -2.47. The van der Waals surface area contributed by atoms with Gasteiger partial charge in [-0.3, -0.25) is 32.7 Å². The molecule has 6 atom stereocenters. The van der Waals surface area contributed by atoms with E-state index in [-0.39, 0.29) is 31.7 Å². The molecular formula is C22H29N2O9P. The Bertz CT molecular complexity index is 1120. The van der Waals surface area contributed by atoms with Gasteiger partial charge in [0.1, 0.15) is 23.7 Å². The van der Waals surface area contributed by atoms with E-state index in [1.807, 2.05) is 0 Å². The maximum atomic E-state index is 13.1. The number of phosphoric ester groups is 1. The summed E-state index contributed by atoms with van der Waals surface area (Å²) in [5.74, 6) is 1.85. The van der Waals surface area contributed by atoms with Crippen molar-refractivity contribution in [1.82, 2.24) is 9.55 Å². The van der Waals surface area contributed by atoms with Gasteiger partial charge in [-0.1, -0.05) is 12.8 Å². The number of nitrogens with zero attached hydrogens (tertiary/aromatic N) is 1. The van der Waals surface area contributed by atoms with Crippen LogP contribution in [0, 0.1) is 23.7 Å². The first-order valence-corrected chi connectivity index (χ1v) is 12.8. The van der Waals surface area contributed by atoms with Crippen LogP contribution in [-0.2, 0) is 32.4 Å². The zero-order chi connectivity index (χ0) is 24.5. The molecule has 3 aliphatic rings. The molecule has 12 heteroatoms. The second-order valence-electron chi connectivity index (χ2n) is 9.11. The van der Waals surface area contributed by atoms with Gasteiger partial charge in [0.05, 0.1) is 19.1 Å². The summed E-state index contributed by atoms with van der Waals surface area (Å²) in [4.78, 5) is 38.1. The number of carbonyl (C=O) groups is 1. The molecule has 0 amide bonds. The molecule has 1 saturated carbocycles. The second-order valence-corrected chi connectivity index (χ2v) is 10.7. The van der Waals surface area contributed by atoms with Crippen LogP contribution in [0.2, 0.25) is 0 Å². The second kappa shape index (κ2) is 9.80. The topological polar surface area (TPSA) is 135 Å². The number of nitrogens with one attached hydrogen (secondary N) is 1. The fraction of sp³-hybridized carbons (Fsp3) is 0.682. The number of carbonyl (C=O) groups excluding carboxylic acids is 1. The van der Waals surface area contributed by atoms with E-state index in [1.54, 1.807) is 13.8 Å². The van der Waals surface area contributed by atoms with Crippen LogP contribution in [0.15, 0.2) is 21.9 Å². The molecule has 0 spiro atoms. The zero-order valence-electron chi connectivity index (χ0n) is 19.1. The predicted molar refractivity (Wildman–Crippen MR) is 119 cm³/mol. The van der Waals surface area contributed by atoms with Crippen LogP contribution in [0.5, 0.6) is 0 Å². The number of H-pyrrole nitrogens is 1. The van der Waals surface area contributed by atoms with E-state index >= 15 is 0 Å². The van der Waals surface area contributed by atoms with Crippen LogP contribution < -0.4 is 11.2 Å². The molecule has 186 valence electrons. The number of aromatic amines is 1. The molecule has 3 heterocycles. The summed E-state index contributed by atoms with van der Waals surface area (Å²) in [5, 5.41) is 0. The summed E-state index contributed by atoms with van der Waals surface area (Å²) in [6.45, 7) is 3.18. The van der Waals surface area contributed by atoms with E-state index in [4.69, 9.17) is 29.5 Å². The molecule has 0 radical (unpaired) electrons. The lowest BCUT2D eigenvalue weighted by atomic mass is 9.83. The highest BCUT2D eigenvalue weighted by molar-refractivity contribution is 7.48. The average molecular weight is 496 g/mol. The van der Waals surface area contributed by atoms with Crippen molar-refractivity contribution < 1.29 is 32.4 Å². The first-order valence-electron chi connectivity index (χ1n) is 11.4. The van der Waals surface area contributed by atoms with Gasteiger partial charge in [-0.25, -0.2) is 9.36 Å². The number of aromatic nitrogens is 2. The number of terminal acetylenes is 1. The van der Waals surface area contributed by atoms with Crippen molar-refractivity contribution in [1.29, 1.82) is 0 Å². The standard InChI is InChI=1S/C22H29N2O9P/c1-4-22(3)18-16(32-20(22)24-11-9-17(25)23-21(24)27)13-30-34(28,33-18)29-12-10-14(2)19(26)31-15-7-5-6-8-15/h1,9,11,14-16,18,20H,5-8,10,12-13H2,2-3H3,(H,23,25,27)/t14?,16-,18-,20-,22-,34?/m1/s1. The molecule has 1 aromatic heterocycles. The van der Waals surface area contributed by atoms with E-state index in [0.29, 0.717) is 0 Å². The number of hydrogen-bond donors (Lipinski definition) is 1. The monoisotopic (exact) mass is 496 g/mol. The van der Waals surface area contributed by atoms with Gasteiger partial charge < -0.3 is 9.47 Å². The van der Waals surface area contributed by atoms with E-state index in [2.05, 4.69) is 10.9 Å². The lowest BCUT2D eigenvalue weighted by Gasteiger charge is -2.35. The first-order chi connectivity index (χ1) is 16.1. The highest BCUT2D eigenvalue weighted by Gasteiger charge is 2.60. The lowest BCUT2D eigenvalue weighted by molar-refractivity contribution is -0.153. The fourth-order valence-corrected chi connectivity index (χ4v) is 5.96. The van der Waals surface area contributed by atoms with E-state index in [1.165, 1.54) is 12.3 Å². The maximum Gasteiger partial charge on any atom is 0.475 e. The molecule has 4 rings (SSSR count). The van der Waals surface area contributed by atoms with E-state index < -0.39 is 48.8 Å². The van der Waals surface area contributed by atoms with Crippen LogP contribution in [0.25, 0.3) is 0 Å². The molecule has 2 saturated heterocycles. The molecule has 1 aromatic rings. The molecule has 2 unspecified atom stereocenters. The number of fused-ring (bicyclic) bond motifs is 1. The van der Waals surface area contributed by atoms with Crippen LogP contribution in [0.1, 0.15) is 52.2 Å². The molecule has 34 heavy (non-hydrogen) atoms. The van der Waals surface area contributed by atoms with E-state index in [9.17, 15) is 18.9 Å². The quantitative estimate of drug-likeness (QED) is 0.342. The molecule has 2 aliphatic heterocycles. The van der Waals surface area contributed by atoms with E-state index in [0.717, 1.165) is 30.3 Å². The van der Waals surface area contributed by atoms with Gasteiger partial charge in [-0.15, -0.1) is 6.42 Å². The average Bonchev–Trinajstić information content (AvgIpc) is 3.40. The van der Waals surface area contributed by atoms with Crippen LogP contribution in [0.3, 0.4) is 0 Å². The Morgan fingerprint density at radius 3 is 2.82 bits per heavy atom. The summed E-state index contributed by atoms with van der Waals surface area (Å²) < 4.78 is 42.2. The fourth-order valence-electron chi connectivity index (χ4n) is 4.48. The van der Waals surface area contributed by atoms with Crippen LogP contribution in [0.4, 0.5) is 0 Å². The first kappa shape index (κ1) is 24.9. The third-order valence-electron chi connectivity index (χ3n) is 6.59. The van der Waals surface area contributed by atoms with Crippen molar-refractivity contribution in [2.24, 2.45) is 11.3 Å². The Morgan fingerprint density at radius 1 is 1.41 bits per heavy atom. The third kappa shape index (κ3) is 4.92. The highest BCUT2D eigenvalue weighted by Crippen LogP contribution is 2.60. The summed E-state index contributed by atoms with van der Waals surface area (Å²) in [6, 6.07) is 1.17. The molecule has 0 aromatic carbocycles.